The van der Waals surface area contributed by atoms with Crippen LogP contribution in [-0.2, 0) is 0 Å². The van der Waals surface area contributed by atoms with Crippen molar-refractivity contribution in [2.45, 2.75) is 32.7 Å². The Balaban J connectivity index is 2.16. The van der Waals surface area contributed by atoms with Crippen molar-refractivity contribution in [2.24, 2.45) is 5.92 Å². The Hall–Kier alpha value is -1.13. The van der Waals surface area contributed by atoms with E-state index in [1.807, 2.05) is 0 Å². The highest BCUT2D eigenvalue weighted by molar-refractivity contribution is 6.31. The Morgan fingerprint density at radius 2 is 2.00 bits per heavy atom. The van der Waals surface area contributed by atoms with Crippen LogP contribution in [0.3, 0.4) is 0 Å². The third kappa shape index (κ3) is 3.79. The number of rotatable bonds is 5. The number of likely N-dealkylation sites (tertiary alicyclic amines) is 1. The average molecular weight is 327 g/mol. The standard InChI is InChI=1S/C17H24ClFN2O/c1-12(2)15(11-21-9-4-5-10-21)20(3)17(22)13-7-6-8-14(18)16(13)19/h6-8,12,15H,4-5,9-11H2,1-3H3. The molecule has 1 saturated heterocycles. The van der Waals surface area contributed by atoms with Crippen LogP contribution >= 0.6 is 11.6 Å². The first kappa shape index (κ1) is 17.2. The first-order valence-electron chi connectivity index (χ1n) is 7.85. The molecule has 0 N–H and O–H groups in total. The maximum Gasteiger partial charge on any atom is 0.256 e. The number of amides is 1. The smallest absolute Gasteiger partial charge is 0.256 e. The summed E-state index contributed by atoms with van der Waals surface area (Å²) in [6, 6.07) is 4.62. The molecule has 1 amide bonds. The van der Waals surface area contributed by atoms with Crippen molar-refractivity contribution in [1.82, 2.24) is 9.80 Å². The minimum absolute atomic E-state index is 0.0140. The van der Waals surface area contributed by atoms with Gasteiger partial charge in [0.1, 0.15) is 0 Å². The zero-order valence-corrected chi connectivity index (χ0v) is 14.2. The quantitative estimate of drug-likeness (QED) is 0.824. The van der Waals surface area contributed by atoms with Gasteiger partial charge in [-0.05, 0) is 44.0 Å². The zero-order valence-electron chi connectivity index (χ0n) is 13.5. The molecule has 122 valence electrons. The van der Waals surface area contributed by atoms with Gasteiger partial charge in [0.15, 0.2) is 5.82 Å². The number of benzene rings is 1. The highest BCUT2D eigenvalue weighted by Gasteiger charge is 2.28. The summed E-state index contributed by atoms with van der Waals surface area (Å²) in [5.74, 6) is -0.639. The zero-order chi connectivity index (χ0) is 16.3. The summed E-state index contributed by atoms with van der Waals surface area (Å²) in [4.78, 5) is 16.7. The number of nitrogens with zero attached hydrogens (tertiary/aromatic N) is 2. The molecule has 0 aromatic heterocycles. The molecular formula is C17H24ClFN2O. The number of carbonyl (C=O) groups is 1. The summed E-state index contributed by atoms with van der Waals surface area (Å²) in [5, 5.41) is -0.0140. The van der Waals surface area contributed by atoms with Gasteiger partial charge in [-0.1, -0.05) is 31.5 Å². The lowest BCUT2D eigenvalue weighted by molar-refractivity contribution is 0.0637. The molecule has 1 aromatic carbocycles. The predicted molar refractivity (Wildman–Crippen MR) is 87.8 cm³/mol. The molecule has 1 aromatic rings. The van der Waals surface area contributed by atoms with Crippen LogP contribution in [0, 0.1) is 11.7 Å². The van der Waals surface area contributed by atoms with E-state index in [2.05, 4.69) is 18.7 Å². The fourth-order valence-electron chi connectivity index (χ4n) is 3.02. The van der Waals surface area contributed by atoms with E-state index in [1.54, 1.807) is 18.0 Å². The molecule has 1 heterocycles. The van der Waals surface area contributed by atoms with Gasteiger partial charge in [0.05, 0.1) is 10.6 Å². The molecule has 0 bridgehead atoms. The molecule has 1 aliphatic rings. The first-order valence-corrected chi connectivity index (χ1v) is 8.23. The Kier molecular flexibility index (Phi) is 5.81. The number of carbonyl (C=O) groups excluding carboxylic acids is 1. The monoisotopic (exact) mass is 326 g/mol. The molecule has 5 heteroatoms. The summed E-state index contributed by atoms with van der Waals surface area (Å²) in [5.41, 5.74) is 0.0436. The molecule has 0 radical (unpaired) electrons. The lowest BCUT2D eigenvalue weighted by atomic mass is 10.0. The van der Waals surface area contributed by atoms with Crippen LogP contribution in [-0.4, -0.2) is 48.4 Å². The van der Waals surface area contributed by atoms with Gasteiger partial charge in [-0.15, -0.1) is 0 Å². The molecule has 1 unspecified atom stereocenters. The number of hydrogen-bond acceptors (Lipinski definition) is 2. The largest absolute Gasteiger partial charge is 0.337 e. The summed E-state index contributed by atoms with van der Waals surface area (Å²) in [7, 11) is 1.75. The van der Waals surface area contributed by atoms with Gasteiger partial charge in [0.25, 0.3) is 5.91 Å². The van der Waals surface area contributed by atoms with E-state index in [0.29, 0.717) is 5.92 Å². The van der Waals surface area contributed by atoms with Crippen molar-refractivity contribution < 1.29 is 9.18 Å². The molecule has 1 aliphatic heterocycles. The van der Waals surface area contributed by atoms with Gasteiger partial charge < -0.3 is 9.80 Å². The maximum absolute atomic E-state index is 14.1. The van der Waals surface area contributed by atoms with Crippen LogP contribution in [0.5, 0.6) is 0 Å². The third-order valence-corrected chi connectivity index (χ3v) is 4.71. The number of hydrogen-bond donors (Lipinski definition) is 0. The summed E-state index contributed by atoms with van der Waals surface area (Å²) in [6.07, 6.45) is 2.43. The second-order valence-corrected chi connectivity index (χ2v) is 6.74. The highest BCUT2D eigenvalue weighted by atomic mass is 35.5. The molecule has 22 heavy (non-hydrogen) atoms. The number of likely N-dealkylation sites (N-methyl/N-ethyl adjacent to an activating group) is 1. The number of halogens is 2. The lowest BCUT2D eigenvalue weighted by Crippen LogP contribution is -2.47. The molecule has 1 atom stereocenters. The van der Waals surface area contributed by atoms with Gasteiger partial charge in [-0.2, -0.15) is 0 Å². The van der Waals surface area contributed by atoms with E-state index in [1.165, 1.54) is 25.0 Å². The van der Waals surface area contributed by atoms with Crippen molar-refractivity contribution in [1.29, 1.82) is 0 Å². The van der Waals surface area contributed by atoms with Crippen LogP contribution in [0.2, 0.25) is 5.02 Å². The van der Waals surface area contributed by atoms with Gasteiger partial charge in [-0.25, -0.2) is 4.39 Å². The van der Waals surface area contributed by atoms with E-state index < -0.39 is 5.82 Å². The van der Waals surface area contributed by atoms with Crippen molar-refractivity contribution >= 4 is 17.5 Å². The Bertz CT molecular complexity index is 529. The molecule has 3 nitrogen and oxygen atoms in total. The van der Waals surface area contributed by atoms with Crippen LogP contribution < -0.4 is 0 Å². The van der Waals surface area contributed by atoms with Crippen LogP contribution in [0.25, 0.3) is 0 Å². The van der Waals surface area contributed by atoms with E-state index in [9.17, 15) is 9.18 Å². The van der Waals surface area contributed by atoms with Crippen molar-refractivity contribution in [3.8, 4) is 0 Å². The van der Waals surface area contributed by atoms with E-state index in [0.717, 1.165) is 19.6 Å². The Morgan fingerprint density at radius 1 is 1.36 bits per heavy atom. The molecule has 0 spiro atoms. The molecule has 1 fully saturated rings. The Morgan fingerprint density at radius 3 is 2.59 bits per heavy atom. The van der Waals surface area contributed by atoms with Crippen LogP contribution in [0.1, 0.15) is 37.0 Å². The van der Waals surface area contributed by atoms with E-state index in [4.69, 9.17) is 11.6 Å². The van der Waals surface area contributed by atoms with E-state index >= 15 is 0 Å². The fourth-order valence-corrected chi connectivity index (χ4v) is 3.19. The average Bonchev–Trinajstić information content (AvgIpc) is 2.99. The minimum atomic E-state index is -0.635. The van der Waals surface area contributed by atoms with Gasteiger partial charge in [-0.3, -0.25) is 4.79 Å². The van der Waals surface area contributed by atoms with Crippen LogP contribution in [0.4, 0.5) is 4.39 Å². The lowest BCUT2D eigenvalue weighted by Gasteiger charge is -2.34. The normalized spacial score (nSPS) is 17.0. The molecule has 0 aliphatic carbocycles. The summed E-state index contributed by atoms with van der Waals surface area (Å²) >= 11 is 5.79. The summed E-state index contributed by atoms with van der Waals surface area (Å²) in [6.45, 7) is 7.19. The maximum atomic E-state index is 14.1. The second kappa shape index (κ2) is 7.42. The fraction of sp³-hybridized carbons (Fsp3) is 0.588. The van der Waals surface area contributed by atoms with Crippen LogP contribution in [0.15, 0.2) is 18.2 Å². The van der Waals surface area contributed by atoms with E-state index in [-0.39, 0.29) is 22.5 Å². The summed E-state index contributed by atoms with van der Waals surface area (Å²) < 4.78 is 14.1. The van der Waals surface area contributed by atoms with Gasteiger partial charge in [0.2, 0.25) is 0 Å². The molecule has 2 rings (SSSR count). The van der Waals surface area contributed by atoms with Crippen molar-refractivity contribution in [3.63, 3.8) is 0 Å². The minimum Gasteiger partial charge on any atom is -0.337 e. The SMILES string of the molecule is CC(C)C(CN1CCCC1)N(C)C(=O)c1cccc(Cl)c1F. The molecular weight excluding hydrogens is 303 g/mol. The van der Waals surface area contributed by atoms with Gasteiger partial charge in [0, 0.05) is 19.6 Å². The van der Waals surface area contributed by atoms with Gasteiger partial charge >= 0.3 is 0 Å². The highest BCUT2D eigenvalue weighted by Crippen LogP contribution is 2.22. The second-order valence-electron chi connectivity index (χ2n) is 6.34. The van der Waals surface area contributed by atoms with Crippen molar-refractivity contribution in [3.05, 3.63) is 34.6 Å². The Labute approximate surface area is 137 Å². The molecule has 0 saturated carbocycles. The topological polar surface area (TPSA) is 23.6 Å². The van der Waals surface area contributed by atoms with Crippen molar-refractivity contribution in [2.75, 3.05) is 26.7 Å². The third-order valence-electron chi connectivity index (χ3n) is 4.41. The predicted octanol–water partition coefficient (Wildman–Crippen LogP) is 3.67. The first-order chi connectivity index (χ1) is 10.4.